The van der Waals surface area contributed by atoms with Gasteiger partial charge in [0.05, 0.1) is 0 Å². The number of hydrogen-bond acceptors (Lipinski definition) is 0. The minimum atomic E-state index is -1.33. The topological polar surface area (TPSA) is 41.8 Å². The third-order valence-corrected chi connectivity index (χ3v) is 0.932. The zero-order chi connectivity index (χ0) is 9.19. The van der Waals surface area contributed by atoms with Gasteiger partial charge in [-0.05, 0) is 0 Å². The van der Waals surface area contributed by atoms with Crippen LogP contribution in [0.1, 0.15) is 5.56 Å². The maximum absolute atomic E-state index is 7.09. The molecule has 1 aromatic heterocycles. The number of nitrogens with one attached hydrogen (secondary N) is 1. The van der Waals surface area contributed by atoms with Gasteiger partial charge in [-0.3, -0.25) is 0 Å². The molecule has 0 spiro atoms. The number of H-pyrrole nitrogens is 1. The Morgan fingerprint density at radius 3 is 3.12 bits per heavy atom. The van der Waals surface area contributed by atoms with E-state index in [9.17, 15) is 0 Å². The number of aromatic nitrogens is 1. The highest BCUT2D eigenvalue weighted by Crippen LogP contribution is 1.87. The molecule has 0 amide bonds. The fourth-order valence-electron chi connectivity index (χ4n) is 0.488. The van der Waals surface area contributed by atoms with Crippen molar-refractivity contribution in [3.8, 4) is 0 Å². The van der Waals surface area contributed by atoms with E-state index in [1.165, 1.54) is 12.4 Å². The molecule has 2 heteroatoms. The Labute approximate surface area is 54.2 Å². The minimum absolute atomic E-state index is 0.000833. The molecule has 0 saturated heterocycles. The van der Waals surface area contributed by atoms with E-state index in [1.807, 2.05) is 0 Å². The van der Waals surface area contributed by atoms with Crippen molar-refractivity contribution in [1.82, 2.24) is 0 Å². The van der Waals surface area contributed by atoms with Crippen molar-refractivity contribution < 1.29 is 16.3 Å². The van der Waals surface area contributed by atoms with Gasteiger partial charge in [-0.25, -0.2) is 4.98 Å². The van der Waals surface area contributed by atoms with Gasteiger partial charge < -0.3 is 5.71 Å². The molecule has 0 saturated carbocycles. The summed E-state index contributed by atoms with van der Waals surface area (Å²) in [5, 5.41) is 0. The van der Waals surface area contributed by atoms with Gasteiger partial charge in [0.25, 0.3) is 0 Å². The number of quaternary nitrogens is 1. The Kier molecular flexibility index (Phi) is 0.652. The average molecular weight is 114 g/mol. The predicted molar refractivity (Wildman–Crippen MR) is 29.6 cm³/mol. The SMILES string of the molecule is [2H][n+]1ccc(C[N+]([2H])([2H])[2H])cc1. The molecule has 1 rings (SSSR count). The first-order chi connectivity index (χ1) is 5.47. The summed E-state index contributed by atoms with van der Waals surface area (Å²) >= 11 is 0. The van der Waals surface area contributed by atoms with Crippen LogP contribution in [0, 0.1) is 0 Å². The van der Waals surface area contributed by atoms with Crippen molar-refractivity contribution in [2.75, 3.05) is 0 Å². The first kappa shape index (κ1) is 2.15. The quantitative estimate of drug-likeness (QED) is 0.525. The molecule has 0 aliphatic heterocycles. The van der Waals surface area contributed by atoms with E-state index in [-0.39, 0.29) is 6.54 Å². The van der Waals surface area contributed by atoms with Crippen molar-refractivity contribution in [2.24, 2.45) is 0 Å². The lowest BCUT2D eigenvalue weighted by molar-refractivity contribution is -0.391. The number of aromatic amines is 1. The smallest absolute Gasteiger partial charge is 0.354 e. The highest BCUT2D eigenvalue weighted by molar-refractivity contribution is 5.04. The van der Waals surface area contributed by atoms with E-state index in [0.717, 1.165) is 4.98 Å². The van der Waals surface area contributed by atoms with Crippen LogP contribution in [-0.4, -0.2) is 0 Å². The van der Waals surface area contributed by atoms with Crippen molar-refractivity contribution in [1.29, 1.82) is 0 Å². The van der Waals surface area contributed by atoms with Gasteiger partial charge in [0, 0.05) is 17.7 Å². The summed E-state index contributed by atoms with van der Waals surface area (Å²) in [6, 6.07) is 3.25. The molecule has 0 fully saturated rings. The van der Waals surface area contributed by atoms with Crippen molar-refractivity contribution in [3.63, 3.8) is 0 Å². The Morgan fingerprint density at radius 1 is 1.75 bits per heavy atom. The van der Waals surface area contributed by atoms with Gasteiger partial charge >= 0.3 is 5.65 Å². The van der Waals surface area contributed by atoms with Crippen LogP contribution >= 0.6 is 0 Å². The van der Waals surface area contributed by atoms with Gasteiger partial charge in [0.2, 0.25) is 0 Å². The van der Waals surface area contributed by atoms with Crippen LogP contribution in [0.15, 0.2) is 24.5 Å². The van der Waals surface area contributed by atoms with E-state index < -0.39 is 5.71 Å². The summed E-state index contributed by atoms with van der Waals surface area (Å²) in [5.41, 5.74) is -0.624. The standard InChI is InChI=1S/C6H8N2/c7-5-6-1-3-8-4-2-6/h1-4H,5,7H2/p+2/i/hD4. The molecular weight excluding hydrogens is 100 g/mol. The normalized spacial score (nSPS) is 18.0. The second-order valence-electron chi connectivity index (χ2n) is 1.51. The van der Waals surface area contributed by atoms with Crippen LogP contribution in [0.5, 0.6) is 0 Å². The third-order valence-electron chi connectivity index (χ3n) is 0.932. The van der Waals surface area contributed by atoms with E-state index in [2.05, 4.69) is 0 Å². The average Bonchev–Trinajstić information content (AvgIpc) is 1.91. The molecule has 2 nitrogen and oxygen atoms in total. The molecule has 8 heavy (non-hydrogen) atoms. The zero-order valence-corrected chi connectivity index (χ0v) is 4.41. The maximum Gasteiger partial charge on any atom is 0.453 e. The monoisotopic (exact) mass is 114 g/mol. The lowest BCUT2D eigenvalue weighted by Gasteiger charge is -1.83. The molecule has 0 atom stereocenters. The molecular formula is C6H10N2+2. The van der Waals surface area contributed by atoms with Crippen molar-refractivity contribution in [2.45, 2.75) is 6.54 Å². The van der Waals surface area contributed by atoms with Gasteiger partial charge in [-0.15, -0.1) is 0 Å². The van der Waals surface area contributed by atoms with E-state index >= 15 is 0 Å². The highest BCUT2D eigenvalue weighted by Gasteiger charge is 1.87. The first-order valence-corrected chi connectivity index (χ1v) is 2.43. The molecule has 42 valence electrons. The molecule has 1 aromatic rings. The fraction of sp³-hybridized carbons (Fsp3) is 0.167. The predicted octanol–water partition coefficient (Wildman–Crippen LogP) is -0.757. The molecule has 1 heterocycles. The summed E-state index contributed by atoms with van der Waals surface area (Å²) < 4.78 is 27.9. The third kappa shape index (κ3) is 1.04. The van der Waals surface area contributed by atoms with Crippen molar-refractivity contribution >= 4 is 0 Å². The fourth-order valence-corrected chi connectivity index (χ4v) is 0.488. The van der Waals surface area contributed by atoms with E-state index in [0.29, 0.717) is 5.56 Å². The number of hydrogen-bond donors (Lipinski definition) is 1. The first-order valence-electron chi connectivity index (χ1n) is 4.22. The van der Waals surface area contributed by atoms with Crippen LogP contribution in [0.4, 0.5) is 0 Å². The number of pyridine rings is 1. The Hall–Kier alpha value is -0.890. The number of rotatable bonds is 2. The van der Waals surface area contributed by atoms with Crippen molar-refractivity contribution in [3.05, 3.63) is 30.1 Å². The van der Waals surface area contributed by atoms with Gasteiger partial charge in [-0.2, -0.15) is 0 Å². The Morgan fingerprint density at radius 2 is 2.50 bits per heavy atom. The van der Waals surface area contributed by atoms with Gasteiger partial charge in [0.1, 0.15) is 6.54 Å². The van der Waals surface area contributed by atoms with Crippen LogP contribution in [-0.2, 0) is 6.54 Å². The van der Waals surface area contributed by atoms with E-state index in [4.69, 9.17) is 5.65 Å². The lowest BCUT2D eigenvalue weighted by atomic mass is 10.3. The van der Waals surface area contributed by atoms with Crippen LogP contribution in [0.25, 0.3) is 0 Å². The summed E-state index contributed by atoms with van der Waals surface area (Å²) in [6.45, 7) is 0.000833. The molecule has 0 aliphatic carbocycles. The second kappa shape index (κ2) is 2.43. The summed E-state index contributed by atoms with van der Waals surface area (Å²) in [6.07, 6.45) is 3.01. The van der Waals surface area contributed by atoms with Gasteiger partial charge in [0.15, 0.2) is 12.4 Å². The Bertz CT molecular complexity index is 253. The zero-order valence-electron chi connectivity index (χ0n) is 8.41. The Balaban J connectivity index is 2.71. The summed E-state index contributed by atoms with van der Waals surface area (Å²) in [7, 11) is 0. The molecule has 0 aromatic carbocycles. The minimum Gasteiger partial charge on any atom is -0.354 e. The van der Waals surface area contributed by atoms with Gasteiger partial charge in [-0.1, -0.05) is 0 Å². The summed E-state index contributed by atoms with van der Waals surface area (Å²) in [4.78, 5) is 1.12. The van der Waals surface area contributed by atoms with Crippen LogP contribution < -0.4 is 10.7 Å². The maximum atomic E-state index is 7.09. The second-order valence-corrected chi connectivity index (χ2v) is 1.51. The molecule has 0 radical (unpaired) electrons. The summed E-state index contributed by atoms with van der Waals surface area (Å²) in [5.74, 6) is 0. The highest BCUT2D eigenvalue weighted by atomic mass is 14.6. The van der Waals surface area contributed by atoms with Crippen LogP contribution in [0.3, 0.4) is 0 Å². The molecule has 0 bridgehead atoms. The largest absolute Gasteiger partial charge is 0.453 e. The molecule has 0 unspecified atom stereocenters. The molecule has 4 N–H and O–H groups in total. The van der Waals surface area contributed by atoms with E-state index in [1.54, 1.807) is 12.1 Å². The lowest BCUT2D eigenvalue weighted by Crippen LogP contribution is -2.47. The van der Waals surface area contributed by atoms with Crippen LogP contribution in [0.2, 0.25) is 5.65 Å². The molecule has 0 aliphatic rings.